The lowest BCUT2D eigenvalue weighted by Crippen LogP contribution is -2.56. The molecule has 0 saturated heterocycles. The first-order chi connectivity index (χ1) is 13.4. The van der Waals surface area contributed by atoms with Gasteiger partial charge < -0.3 is 14.2 Å². The van der Waals surface area contributed by atoms with Crippen molar-refractivity contribution in [1.82, 2.24) is 9.80 Å². The molecule has 1 aromatic carbocycles. The summed E-state index contributed by atoms with van der Waals surface area (Å²) >= 11 is 6.42. The zero-order chi connectivity index (χ0) is 20.3. The lowest BCUT2D eigenvalue weighted by atomic mass is 9.74. The van der Waals surface area contributed by atoms with E-state index in [1.807, 2.05) is 6.07 Å². The van der Waals surface area contributed by atoms with Gasteiger partial charge in [-0.3, -0.25) is 14.4 Å². The van der Waals surface area contributed by atoms with E-state index in [9.17, 15) is 14.4 Å². The number of likely N-dealkylation sites (N-methyl/N-ethyl adjacent to an activating group) is 2. The first-order valence-corrected chi connectivity index (χ1v) is 9.59. The SMILES string of the molecule is CN(CC(=O)N(C)C1(c2ccccc2Cl)CCCCC1=O)C(=O)c1ccco1. The van der Waals surface area contributed by atoms with Crippen LogP contribution in [-0.2, 0) is 15.1 Å². The topological polar surface area (TPSA) is 70.8 Å². The van der Waals surface area contributed by atoms with Crippen LogP contribution >= 0.6 is 11.6 Å². The third-order valence-corrected chi connectivity index (χ3v) is 5.70. The average Bonchev–Trinajstić information content (AvgIpc) is 3.22. The maximum atomic E-state index is 13.1. The number of rotatable bonds is 5. The maximum Gasteiger partial charge on any atom is 0.289 e. The number of Topliss-reactive ketones (excluding diaryl/α,β-unsaturated/α-hetero) is 1. The summed E-state index contributed by atoms with van der Waals surface area (Å²) in [5.41, 5.74) is -0.473. The molecule has 0 spiro atoms. The molecule has 1 saturated carbocycles. The maximum absolute atomic E-state index is 13.1. The van der Waals surface area contributed by atoms with Crippen LogP contribution in [0.3, 0.4) is 0 Å². The Balaban J connectivity index is 1.88. The Morgan fingerprint density at radius 3 is 2.54 bits per heavy atom. The lowest BCUT2D eigenvalue weighted by Gasteiger charge is -2.44. The second kappa shape index (κ2) is 8.19. The van der Waals surface area contributed by atoms with Gasteiger partial charge in [-0.25, -0.2) is 0 Å². The fourth-order valence-electron chi connectivity index (χ4n) is 3.81. The standard InChI is InChI=1S/C21H23ClN2O4/c1-23(20(27)17-10-7-13-28-17)14-19(26)24(2)21(12-6-5-11-18(21)25)15-8-3-4-9-16(15)22/h3-4,7-10,13H,5-6,11-12,14H2,1-2H3. The molecule has 0 bridgehead atoms. The molecule has 7 heteroatoms. The second-order valence-electron chi connectivity index (χ2n) is 7.06. The van der Waals surface area contributed by atoms with E-state index >= 15 is 0 Å². The lowest BCUT2D eigenvalue weighted by molar-refractivity contribution is -0.148. The number of benzene rings is 1. The highest BCUT2D eigenvalue weighted by Crippen LogP contribution is 2.42. The highest BCUT2D eigenvalue weighted by Gasteiger charge is 2.48. The van der Waals surface area contributed by atoms with E-state index in [0.717, 1.165) is 12.8 Å². The van der Waals surface area contributed by atoms with E-state index in [0.29, 0.717) is 23.4 Å². The van der Waals surface area contributed by atoms with Gasteiger partial charge in [0.1, 0.15) is 5.54 Å². The number of hydrogen-bond acceptors (Lipinski definition) is 4. The summed E-state index contributed by atoms with van der Waals surface area (Å²) in [6.45, 7) is -0.171. The molecule has 6 nitrogen and oxygen atoms in total. The van der Waals surface area contributed by atoms with Gasteiger partial charge in [0, 0.05) is 31.1 Å². The van der Waals surface area contributed by atoms with Crippen molar-refractivity contribution in [2.24, 2.45) is 0 Å². The molecule has 0 N–H and O–H groups in total. The molecule has 0 radical (unpaired) electrons. The quantitative estimate of drug-likeness (QED) is 0.767. The van der Waals surface area contributed by atoms with Crippen LogP contribution in [0.15, 0.2) is 47.1 Å². The van der Waals surface area contributed by atoms with Crippen LogP contribution in [0, 0.1) is 0 Å². The Labute approximate surface area is 169 Å². The predicted molar refractivity (Wildman–Crippen MR) is 105 cm³/mol. The van der Waals surface area contributed by atoms with E-state index in [2.05, 4.69) is 0 Å². The number of carbonyl (C=O) groups is 3. The third-order valence-electron chi connectivity index (χ3n) is 5.37. The second-order valence-corrected chi connectivity index (χ2v) is 7.47. The van der Waals surface area contributed by atoms with Crippen LogP contribution in [0.4, 0.5) is 0 Å². The Kier molecular flexibility index (Phi) is 5.89. The molecular weight excluding hydrogens is 380 g/mol. The minimum absolute atomic E-state index is 0.0253. The van der Waals surface area contributed by atoms with Crippen LogP contribution < -0.4 is 0 Å². The van der Waals surface area contributed by atoms with Gasteiger partial charge in [-0.2, -0.15) is 0 Å². The summed E-state index contributed by atoms with van der Waals surface area (Å²) in [5.74, 6) is -0.596. The van der Waals surface area contributed by atoms with Crippen molar-refractivity contribution >= 4 is 29.2 Å². The van der Waals surface area contributed by atoms with Gasteiger partial charge in [-0.15, -0.1) is 0 Å². The summed E-state index contributed by atoms with van der Waals surface area (Å²) in [6, 6.07) is 10.3. The zero-order valence-corrected chi connectivity index (χ0v) is 16.7. The molecule has 1 aliphatic rings. The zero-order valence-electron chi connectivity index (χ0n) is 16.0. The van der Waals surface area contributed by atoms with Crippen LogP contribution in [0.25, 0.3) is 0 Å². The summed E-state index contributed by atoms with van der Waals surface area (Å²) in [7, 11) is 3.14. The third kappa shape index (κ3) is 3.56. The number of amides is 2. The Hall–Kier alpha value is -2.60. The number of nitrogens with zero attached hydrogens (tertiary/aromatic N) is 2. The van der Waals surface area contributed by atoms with Crippen molar-refractivity contribution in [3.8, 4) is 0 Å². The molecule has 28 heavy (non-hydrogen) atoms. The predicted octanol–water partition coefficient (Wildman–Crippen LogP) is 3.50. The molecule has 1 aromatic heterocycles. The number of hydrogen-bond donors (Lipinski definition) is 0. The number of ketones is 1. The first kappa shape index (κ1) is 20.1. The Morgan fingerprint density at radius 2 is 1.89 bits per heavy atom. The van der Waals surface area contributed by atoms with E-state index in [4.69, 9.17) is 16.0 Å². The largest absolute Gasteiger partial charge is 0.459 e. The van der Waals surface area contributed by atoms with Crippen molar-refractivity contribution < 1.29 is 18.8 Å². The molecule has 2 aromatic rings. The van der Waals surface area contributed by atoms with Crippen molar-refractivity contribution in [2.45, 2.75) is 31.2 Å². The molecule has 3 rings (SSSR count). The molecule has 148 valence electrons. The Morgan fingerprint density at radius 1 is 1.14 bits per heavy atom. The van der Waals surface area contributed by atoms with Crippen molar-refractivity contribution in [3.05, 3.63) is 59.0 Å². The van der Waals surface area contributed by atoms with Gasteiger partial charge in [0.25, 0.3) is 5.91 Å². The van der Waals surface area contributed by atoms with Gasteiger partial charge >= 0.3 is 0 Å². The van der Waals surface area contributed by atoms with Crippen molar-refractivity contribution in [3.63, 3.8) is 0 Å². The van der Waals surface area contributed by atoms with E-state index in [1.165, 1.54) is 23.1 Å². The molecule has 2 amide bonds. The number of furan rings is 1. The van der Waals surface area contributed by atoms with Gasteiger partial charge in [0.15, 0.2) is 11.5 Å². The number of halogens is 1. The minimum Gasteiger partial charge on any atom is -0.459 e. The molecule has 0 aliphatic heterocycles. The molecule has 1 unspecified atom stereocenters. The van der Waals surface area contributed by atoms with Gasteiger partial charge in [0.05, 0.1) is 12.8 Å². The van der Waals surface area contributed by atoms with Crippen molar-refractivity contribution in [1.29, 1.82) is 0 Å². The average molecular weight is 403 g/mol. The minimum atomic E-state index is -1.11. The molecule has 1 fully saturated rings. The van der Waals surface area contributed by atoms with E-state index in [1.54, 1.807) is 37.4 Å². The summed E-state index contributed by atoms with van der Waals surface area (Å²) in [4.78, 5) is 41.3. The smallest absolute Gasteiger partial charge is 0.289 e. The molecule has 1 heterocycles. The highest BCUT2D eigenvalue weighted by molar-refractivity contribution is 6.31. The normalized spacial score (nSPS) is 19.3. The number of carbonyl (C=O) groups excluding carboxylic acids is 3. The molecule has 1 atom stereocenters. The van der Waals surface area contributed by atoms with E-state index in [-0.39, 0.29) is 24.0 Å². The van der Waals surface area contributed by atoms with Crippen LogP contribution in [0.2, 0.25) is 5.02 Å². The summed E-state index contributed by atoms with van der Waals surface area (Å²) in [6.07, 6.45) is 3.92. The summed E-state index contributed by atoms with van der Waals surface area (Å²) < 4.78 is 5.11. The van der Waals surface area contributed by atoms with Gasteiger partial charge in [0.2, 0.25) is 5.91 Å². The fraction of sp³-hybridized carbons (Fsp3) is 0.381. The van der Waals surface area contributed by atoms with E-state index < -0.39 is 11.4 Å². The Bertz CT molecular complexity index is 880. The molecular formula is C21H23ClN2O4. The fourth-order valence-corrected chi connectivity index (χ4v) is 4.10. The van der Waals surface area contributed by atoms with Gasteiger partial charge in [-0.1, -0.05) is 29.8 Å². The summed E-state index contributed by atoms with van der Waals surface area (Å²) in [5, 5.41) is 0.456. The van der Waals surface area contributed by atoms with Crippen LogP contribution in [-0.4, -0.2) is 48.0 Å². The van der Waals surface area contributed by atoms with Gasteiger partial charge in [-0.05, 0) is 37.5 Å². The van der Waals surface area contributed by atoms with Crippen LogP contribution in [0.1, 0.15) is 41.8 Å². The van der Waals surface area contributed by atoms with Crippen molar-refractivity contribution in [2.75, 3.05) is 20.6 Å². The first-order valence-electron chi connectivity index (χ1n) is 9.22. The highest BCUT2D eigenvalue weighted by atomic mass is 35.5. The van der Waals surface area contributed by atoms with Crippen LogP contribution in [0.5, 0.6) is 0 Å². The monoisotopic (exact) mass is 402 g/mol. The molecule has 1 aliphatic carbocycles.